The second-order valence-corrected chi connectivity index (χ2v) is 4.44. The Balaban J connectivity index is 0. The van der Waals surface area contributed by atoms with Crippen molar-refractivity contribution in [1.29, 1.82) is 0 Å². The first-order chi connectivity index (χ1) is 9.43. The van der Waals surface area contributed by atoms with Crippen molar-refractivity contribution in [3.8, 4) is 0 Å². The van der Waals surface area contributed by atoms with E-state index in [1.165, 1.54) is 0 Å². The SMILES string of the molecule is C=C(C)C(=O)OCCOC(=O)CCCCCCC(=O)O.[MgH2]. The molecule has 21 heavy (non-hydrogen) atoms. The van der Waals surface area contributed by atoms with Crippen LogP contribution in [-0.4, -0.2) is 59.3 Å². The van der Waals surface area contributed by atoms with E-state index in [-0.39, 0.29) is 48.7 Å². The molecule has 0 rings (SSSR count). The molecule has 0 saturated carbocycles. The van der Waals surface area contributed by atoms with Gasteiger partial charge in [0.05, 0.1) is 0 Å². The summed E-state index contributed by atoms with van der Waals surface area (Å²) in [6.45, 7) is 5.03. The van der Waals surface area contributed by atoms with Gasteiger partial charge in [0.1, 0.15) is 13.2 Å². The number of ether oxygens (including phenoxy) is 2. The summed E-state index contributed by atoms with van der Waals surface area (Å²) in [6, 6.07) is 0. The summed E-state index contributed by atoms with van der Waals surface area (Å²) in [5, 5.41) is 8.44. The Bertz CT molecular complexity index is 353. The van der Waals surface area contributed by atoms with E-state index < -0.39 is 11.9 Å². The lowest BCUT2D eigenvalue weighted by Crippen LogP contribution is -2.14. The van der Waals surface area contributed by atoms with Crippen LogP contribution in [0.5, 0.6) is 0 Å². The Morgan fingerprint density at radius 2 is 1.48 bits per heavy atom. The zero-order valence-electron chi connectivity index (χ0n) is 11.9. The minimum absolute atomic E-state index is 0. The standard InChI is InChI=1S/C14H22O6.Mg.2H/c1-11(2)14(18)20-10-9-19-13(17)8-6-4-3-5-7-12(15)16;;;/h1,3-10H2,2H3,(H,15,16);;;. The van der Waals surface area contributed by atoms with Crippen LogP contribution in [0.25, 0.3) is 0 Å². The van der Waals surface area contributed by atoms with Crippen molar-refractivity contribution >= 4 is 41.0 Å². The molecule has 0 amide bonds. The molecule has 7 heteroatoms. The van der Waals surface area contributed by atoms with E-state index in [4.69, 9.17) is 14.6 Å². The van der Waals surface area contributed by atoms with Gasteiger partial charge in [-0.2, -0.15) is 0 Å². The number of hydrogen-bond donors (Lipinski definition) is 1. The molecule has 0 aliphatic heterocycles. The first kappa shape index (κ1) is 22.2. The number of hydrogen-bond acceptors (Lipinski definition) is 5. The lowest BCUT2D eigenvalue weighted by atomic mass is 10.1. The van der Waals surface area contributed by atoms with Gasteiger partial charge in [0.25, 0.3) is 0 Å². The molecular weight excluding hydrogens is 288 g/mol. The molecule has 0 aromatic heterocycles. The van der Waals surface area contributed by atoms with Crippen molar-refractivity contribution in [3.05, 3.63) is 12.2 Å². The van der Waals surface area contributed by atoms with E-state index in [1.54, 1.807) is 6.92 Å². The van der Waals surface area contributed by atoms with Crippen LogP contribution in [0, 0.1) is 0 Å². The zero-order valence-corrected chi connectivity index (χ0v) is 11.9. The van der Waals surface area contributed by atoms with Crippen molar-refractivity contribution in [2.24, 2.45) is 0 Å². The number of rotatable bonds is 11. The van der Waals surface area contributed by atoms with E-state index in [1.807, 2.05) is 0 Å². The fraction of sp³-hybridized carbons (Fsp3) is 0.643. The van der Waals surface area contributed by atoms with E-state index in [9.17, 15) is 14.4 Å². The molecular formula is C14H24MgO6. The van der Waals surface area contributed by atoms with Crippen LogP contribution < -0.4 is 0 Å². The highest BCUT2D eigenvalue weighted by Crippen LogP contribution is 2.06. The van der Waals surface area contributed by atoms with E-state index in [0.29, 0.717) is 24.8 Å². The predicted molar refractivity (Wildman–Crippen MR) is 80.6 cm³/mol. The molecule has 0 fully saturated rings. The number of aliphatic carboxylic acids is 1. The van der Waals surface area contributed by atoms with Crippen LogP contribution >= 0.6 is 0 Å². The molecule has 0 radical (unpaired) electrons. The molecule has 0 bridgehead atoms. The minimum atomic E-state index is -0.797. The summed E-state index contributed by atoms with van der Waals surface area (Å²) in [7, 11) is 0. The molecule has 0 aromatic rings. The summed E-state index contributed by atoms with van der Waals surface area (Å²) in [6.07, 6.45) is 3.34. The van der Waals surface area contributed by atoms with Gasteiger partial charge in [-0.3, -0.25) is 9.59 Å². The van der Waals surface area contributed by atoms with Crippen LogP contribution in [0.3, 0.4) is 0 Å². The summed E-state index contributed by atoms with van der Waals surface area (Å²) in [5.74, 6) is -1.64. The smallest absolute Gasteiger partial charge is 0.333 e. The molecule has 0 spiro atoms. The number of carbonyl (C=O) groups excluding carboxylic acids is 2. The summed E-state index contributed by atoms with van der Waals surface area (Å²) in [5.41, 5.74) is 0.303. The highest BCUT2D eigenvalue weighted by atomic mass is 24.3. The Labute approximate surface area is 141 Å². The Morgan fingerprint density at radius 3 is 2.00 bits per heavy atom. The van der Waals surface area contributed by atoms with Crippen molar-refractivity contribution in [2.75, 3.05) is 13.2 Å². The van der Waals surface area contributed by atoms with Gasteiger partial charge >= 0.3 is 41.0 Å². The number of carbonyl (C=O) groups is 3. The molecule has 0 unspecified atom stereocenters. The quantitative estimate of drug-likeness (QED) is 0.266. The maximum Gasteiger partial charge on any atom is 0.333 e. The first-order valence-corrected chi connectivity index (χ1v) is 6.63. The molecule has 0 aromatic carbocycles. The largest absolute Gasteiger partial charge is 0.481 e. The maximum absolute atomic E-state index is 11.3. The molecule has 0 aliphatic carbocycles. The Kier molecular flexibility index (Phi) is 14.7. The van der Waals surface area contributed by atoms with E-state index in [0.717, 1.165) is 12.8 Å². The molecule has 118 valence electrons. The second kappa shape index (κ2) is 13.9. The van der Waals surface area contributed by atoms with Crippen molar-refractivity contribution in [2.45, 2.75) is 45.4 Å². The molecule has 0 heterocycles. The average molecular weight is 313 g/mol. The first-order valence-electron chi connectivity index (χ1n) is 6.63. The fourth-order valence-electron chi connectivity index (χ4n) is 1.38. The van der Waals surface area contributed by atoms with Gasteiger partial charge in [-0.25, -0.2) is 4.79 Å². The molecule has 0 atom stereocenters. The highest BCUT2D eigenvalue weighted by Gasteiger charge is 2.05. The van der Waals surface area contributed by atoms with Crippen LogP contribution in [0.2, 0.25) is 0 Å². The van der Waals surface area contributed by atoms with Gasteiger partial charge < -0.3 is 14.6 Å². The van der Waals surface area contributed by atoms with Gasteiger partial charge in [-0.1, -0.05) is 19.4 Å². The third-order valence-corrected chi connectivity index (χ3v) is 2.45. The molecule has 0 aliphatic rings. The summed E-state index contributed by atoms with van der Waals surface area (Å²) < 4.78 is 9.64. The predicted octanol–water partition coefficient (Wildman–Crippen LogP) is 1.16. The van der Waals surface area contributed by atoms with Crippen LogP contribution in [-0.2, 0) is 23.9 Å². The Hall–Kier alpha value is -1.08. The minimum Gasteiger partial charge on any atom is -0.481 e. The molecule has 0 saturated heterocycles. The monoisotopic (exact) mass is 312 g/mol. The number of esters is 2. The van der Waals surface area contributed by atoms with Gasteiger partial charge in [-0.05, 0) is 19.8 Å². The van der Waals surface area contributed by atoms with Crippen molar-refractivity contribution in [3.63, 3.8) is 0 Å². The number of carboxylic acid groups (broad SMARTS) is 1. The zero-order chi connectivity index (χ0) is 15.4. The van der Waals surface area contributed by atoms with Crippen LogP contribution in [0.4, 0.5) is 0 Å². The fourth-order valence-corrected chi connectivity index (χ4v) is 1.38. The maximum atomic E-state index is 11.3. The van der Waals surface area contributed by atoms with E-state index in [2.05, 4.69) is 6.58 Å². The second-order valence-electron chi connectivity index (χ2n) is 4.44. The van der Waals surface area contributed by atoms with Gasteiger partial charge in [0.2, 0.25) is 0 Å². The lowest BCUT2D eigenvalue weighted by molar-refractivity contribution is -0.150. The van der Waals surface area contributed by atoms with Gasteiger partial charge in [0, 0.05) is 18.4 Å². The highest BCUT2D eigenvalue weighted by molar-refractivity contribution is 5.86. The van der Waals surface area contributed by atoms with Crippen LogP contribution in [0.15, 0.2) is 12.2 Å². The third kappa shape index (κ3) is 15.1. The number of unbranched alkanes of at least 4 members (excludes halogenated alkanes) is 3. The van der Waals surface area contributed by atoms with Crippen molar-refractivity contribution < 1.29 is 29.0 Å². The van der Waals surface area contributed by atoms with Gasteiger partial charge in [-0.15, -0.1) is 0 Å². The summed E-state index contributed by atoms with van der Waals surface area (Å²) in [4.78, 5) is 32.6. The average Bonchev–Trinajstić information content (AvgIpc) is 2.37. The topological polar surface area (TPSA) is 89.9 Å². The van der Waals surface area contributed by atoms with Crippen LogP contribution in [0.1, 0.15) is 45.4 Å². The van der Waals surface area contributed by atoms with Crippen molar-refractivity contribution in [1.82, 2.24) is 0 Å². The Morgan fingerprint density at radius 1 is 0.952 bits per heavy atom. The summed E-state index contributed by atoms with van der Waals surface area (Å²) >= 11 is 0. The lowest BCUT2D eigenvalue weighted by Gasteiger charge is -2.06. The third-order valence-electron chi connectivity index (χ3n) is 2.45. The number of carboxylic acids is 1. The molecule has 1 N–H and O–H groups in total. The normalized spacial score (nSPS) is 9.38. The molecule has 6 nitrogen and oxygen atoms in total. The van der Waals surface area contributed by atoms with E-state index >= 15 is 0 Å². The van der Waals surface area contributed by atoms with Gasteiger partial charge in [0.15, 0.2) is 0 Å².